The summed E-state index contributed by atoms with van der Waals surface area (Å²) in [6.45, 7) is 1.80. The summed E-state index contributed by atoms with van der Waals surface area (Å²) in [6, 6.07) is 5.93. The summed E-state index contributed by atoms with van der Waals surface area (Å²) in [6.07, 6.45) is 2.60. The maximum atomic E-state index is 5.59. The SMILES string of the molecule is NCCc1[nH]ncc1-c1ccc2c(c1)OCCO2. The molecule has 0 aliphatic carbocycles. The molecule has 2 heterocycles. The molecule has 0 bridgehead atoms. The third kappa shape index (κ3) is 1.93. The van der Waals surface area contributed by atoms with Crippen LogP contribution >= 0.6 is 0 Å². The van der Waals surface area contributed by atoms with Crippen LogP contribution in [0.25, 0.3) is 11.1 Å². The van der Waals surface area contributed by atoms with Crippen LogP contribution in [0, 0.1) is 0 Å². The number of ether oxygens (including phenoxy) is 2. The van der Waals surface area contributed by atoms with E-state index >= 15 is 0 Å². The van der Waals surface area contributed by atoms with Crippen LogP contribution in [0.1, 0.15) is 5.69 Å². The van der Waals surface area contributed by atoms with Gasteiger partial charge in [-0.25, -0.2) is 0 Å². The minimum Gasteiger partial charge on any atom is -0.486 e. The van der Waals surface area contributed by atoms with Gasteiger partial charge >= 0.3 is 0 Å². The van der Waals surface area contributed by atoms with Gasteiger partial charge in [0.2, 0.25) is 0 Å². The molecule has 0 unspecified atom stereocenters. The van der Waals surface area contributed by atoms with E-state index in [9.17, 15) is 0 Å². The fourth-order valence-electron chi connectivity index (χ4n) is 2.11. The van der Waals surface area contributed by atoms with Gasteiger partial charge in [-0.15, -0.1) is 0 Å². The van der Waals surface area contributed by atoms with Crippen molar-refractivity contribution in [3.63, 3.8) is 0 Å². The number of rotatable bonds is 3. The summed E-state index contributed by atoms with van der Waals surface area (Å²) in [5, 5.41) is 7.06. The third-order valence-corrected chi connectivity index (χ3v) is 2.97. The van der Waals surface area contributed by atoms with Crippen molar-refractivity contribution < 1.29 is 9.47 Å². The van der Waals surface area contributed by atoms with Gasteiger partial charge in [0.25, 0.3) is 0 Å². The summed E-state index contributed by atoms with van der Waals surface area (Å²) >= 11 is 0. The van der Waals surface area contributed by atoms with Crippen molar-refractivity contribution in [3.8, 4) is 22.6 Å². The van der Waals surface area contributed by atoms with Gasteiger partial charge in [0, 0.05) is 17.7 Å². The molecule has 1 aromatic heterocycles. The molecule has 94 valence electrons. The number of nitrogens with one attached hydrogen (secondary N) is 1. The molecule has 0 atom stereocenters. The smallest absolute Gasteiger partial charge is 0.161 e. The number of hydrogen-bond acceptors (Lipinski definition) is 4. The van der Waals surface area contributed by atoms with E-state index in [4.69, 9.17) is 15.2 Å². The predicted octanol–water partition coefficient (Wildman–Crippen LogP) is 1.35. The molecule has 1 aromatic carbocycles. The molecule has 0 amide bonds. The van der Waals surface area contributed by atoms with Gasteiger partial charge in [0.05, 0.1) is 6.20 Å². The molecular formula is C13H15N3O2. The topological polar surface area (TPSA) is 73.2 Å². The Labute approximate surface area is 105 Å². The number of aromatic amines is 1. The van der Waals surface area contributed by atoms with Gasteiger partial charge in [-0.05, 0) is 24.2 Å². The summed E-state index contributed by atoms with van der Waals surface area (Å²) in [7, 11) is 0. The zero-order chi connectivity index (χ0) is 12.4. The average molecular weight is 245 g/mol. The summed E-state index contributed by atoms with van der Waals surface area (Å²) in [5.74, 6) is 1.59. The van der Waals surface area contributed by atoms with Crippen LogP contribution in [0.2, 0.25) is 0 Å². The molecular weight excluding hydrogens is 230 g/mol. The lowest BCUT2D eigenvalue weighted by Gasteiger charge is -2.18. The molecule has 3 rings (SSSR count). The normalized spacial score (nSPS) is 13.6. The number of fused-ring (bicyclic) bond motifs is 1. The van der Waals surface area contributed by atoms with Crippen molar-refractivity contribution in [1.29, 1.82) is 0 Å². The number of H-pyrrole nitrogens is 1. The molecule has 5 heteroatoms. The van der Waals surface area contributed by atoms with Gasteiger partial charge in [-0.1, -0.05) is 6.07 Å². The first-order valence-electron chi connectivity index (χ1n) is 6.01. The van der Waals surface area contributed by atoms with Crippen molar-refractivity contribution in [3.05, 3.63) is 30.1 Å². The lowest BCUT2D eigenvalue weighted by molar-refractivity contribution is 0.171. The Kier molecular flexibility index (Phi) is 2.90. The molecule has 5 nitrogen and oxygen atoms in total. The van der Waals surface area contributed by atoms with E-state index in [1.807, 2.05) is 24.4 Å². The molecule has 1 aliphatic rings. The zero-order valence-corrected chi connectivity index (χ0v) is 9.98. The quantitative estimate of drug-likeness (QED) is 0.856. The Balaban J connectivity index is 1.98. The highest BCUT2D eigenvalue weighted by Crippen LogP contribution is 2.35. The molecule has 0 fully saturated rings. The highest BCUT2D eigenvalue weighted by molar-refractivity contribution is 5.68. The second-order valence-electron chi connectivity index (χ2n) is 4.16. The van der Waals surface area contributed by atoms with Crippen LogP contribution in [0.5, 0.6) is 11.5 Å². The molecule has 0 spiro atoms. The summed E-state index contributed by atoms with van der Waals surface area (Å²) in [4.78, 5) is 0. The summed E-state index contributed by atoms with van der Waals surface area (Å²) < 4.78 is 11.1. The third-order valence-electron chi connectivity index (χ3n) is 2.97. The Morgan fingerprint density at radius 2 is 2.06 bits per heavy atom. The standard InChI is InChI=1S/C13H15N3O2/c14-4-3-11-10(8-15-16-11)9-1-2-12-13(7-9)18-6-5-17-12/h1-2,7-8H,3-6,14H2,(H,15,16). The molecule has 0 saturated carbocycles. The van der Waals surface area contributed by atoms with Crippen molar-refractivity contribution in [2.24, 2.45) is 5.73 Å². The van der Waals surface area contributed by atoms with Crippen molar-refractivity contribution in [2.75, 3.05) is 19.8 Å². The van der Waals surface area contributed by atoms with Crippen LogP contribution in [0.15, 0.2) is 24.4 Å². The van der Waals surface area contributed by atoms with Crippen molar-refractivity contribution in [2.45, 2.75) is 6.42 Å². The first kappa shape index (κ1) is 11.1. The number of aromatic nitrogens is 2. The number of benzene rings is 1. The van der Waals surface area contributed by atoms with E-state index in [2.05, 4.69) is 10.2 Å². The lowest BCUT2D eigenvalue weighted by Crippen LogP contribution is -2.15. The molecule has 3 N–H and O–H groups in total. The van der Waals surface area contributed by atoms with Gasteiger partial charge < -0.3 is 15.2 Å². The summed E-state index contributed by atoms with van der Waals surface area (Å²) in [5.41, 5.74) is 8.77. The second kappa shape index (κ2) is 4.70. The first-order chi connectivity index (χ1) is 8.88. The van der Waals surface area contributed by atoms with E-state index in [0.29, 0.717) is 19.8 Å². The predicted molar refractivity (Wildman–Crippen MR) is 67.8 cm³/mol. The van der Waals surface area contributed by atoms with Crippen LogP contribution in [0.3, 0.4) is 0 Å². The zero-order valence-electron chi connectivity index (χ0n) is 9.98. The van der Waals surface area contributed by atoms with E-state index < -0.39 is 0 Å². The minimum atomic E-state index is 0.595. The van der Waals surface area contributed by atoms with E-state index in [-0.39, 0.29) is 0 Å². The van der Waals surface area contributed by atoms with Gasteiger partial charge in [-0.2, -0.15) is 5.10 Å². The van der Waals surface area contributed by atoms with Gasteiger partial charge in [0.15, 0.2) is 11.5 Å². The van der Waals surface area contributed by atoms with Crippen molar-refractivity contribution in [1.82, 2.24) is 10.2 Å². The molecule has 0 radical (unpaired) electrons. The Bertz CT molecular complexity index is 551. The van der Waals surface area contributed by atoms with Crippen LogP contribution in [0.4, 0.5) is 0 Å². The van der Waals surface area contributed by atoms with Gasteiger partial charge in [-0.3, -0.25) is 5.10 Å². The number of nitrogens with zero attached hydrogens (tertiary/aromatic N) is 1. The Morgan fingerprint density at radius 3 is 2.89 bits per heavy atom. The van der Waals surface area contributed by atoms with Crippen molar-refractivity contribution >= 4 is 0 Å². The fraction of sp³-hybridized carbons (Fsp3) is 0.308. The Morgan fingerprint density at radius 1 is 1.22 bits per heavy atom. The fourth-order valence-corrected chi connectivity index (χ4v) is 2.11. The molecule has 2 aromatic rings. The highest BCUT2D eigenvalue weighted by atomic mass is 16.6. The average Bonchev–Trinajstić information content (AvgIpc) is 2.87. The monoisotopic (exact) mass is 245 g/mol. The van der Waals surface area contributed by atoms with Crippen LogP contribution in [-0.4, -0.2) is 30.0 Å². The van der Waals surface area contributed by atoms with E-state index in [1.165, 1.54) is 0 Å². The minimum absolute atomic E-state index is 0.595. The van der Waals surface area contributed by atoms with Gasteiger partial charge in [0.1, 0.15) is 13.2 Å². The molecule has 18 heavy (non-hydrogen) atoms. The molecule has 0 saturated heterocycles. The highest BCUT2D eigenvalue weighted by Gasteiger charge is 2.14. The number of hydrogen-bond donors (Lipinski definition) is 2. The van der Waals surface area contributed by atoms with Crippen LogP contribution < -0.4 is 15.2 Å². The maximum absolute atomic E-state index is 5.59. The maximum Gasteiger partial charge on any atom is 0.161 e. The van der Waals surface area contributed by atoms with E-state index in [0.717, 1.165) is 34.7 Å². The van der Waals surface area contributed by atoms with Crippen LogP contribution in [-0.2, 0) is 6.42 Å². The second-order valence-corrected chi connectivity index (χ2v) is 4.16. The number of nitrogens with two attached hydrogens (primary N) is 1. The first-order valence-corrected chi connectivity index (χ1v) is 6.01. The molecule has 1 aliphatic heterocycles. The largest absolute Gasteiger partial charge is 0.486 e. The van der Waals surface area contributed by atoms with E-state index in [1.54, 1.807) is 0 Å². The lowest BCUT2D eigenvalue weighted by atomic mass is 10.0. The Hall–Kier alpha value is -2.01.